The summed E-state index contributed by atoms with van der Waals surface area (Å²) in [5.41, 5.74) is 9.74. The molecule has 5 rings (SSSR count). The molecule has 4 heterocycles. The maximum atomic E-state index is 12.5. The van der Waals surface area contributed by atoms with E-state index in [-0.39, 0.29) is 5.91 Å². The van der Waals surface area contributed by atoms with Crippen molar-refractivity contribution in [1.29, 1.82) is 0 Å². The first-order valence-corrected chi connectivity index (χ1v) is 10.7. The molecule has 168 valence electrons. The number of benzene rings is 1. The quantitative estimate of drug-likeness (QED) is 0.480. The summed E-state index contributed by atoms with van der Waals surface area (Å²) in [4.78, 5) is 27.8. The average Bonchev–Trinajstić information content (AvgIpc) is 3.18. The third-order valence-electron chi connectivity index (χ3n) is 5.43. The second kappa shape index (κ2) is 8.83. The molecule has 10 nitrogen and oxygen atoms in total. The number of ether oxygens (including phenoxy) is 1. The molecular formula is C23H24N8O2. The first-order chi connectivity index (χ1) is 16.1. The minimum atomic E-state index is 0.115. The summed E-state index contributed by atoms with van der Waals surface area (Å²) in [5.74, 6) is 1.66. The molecule has 1 amide bonds. The molecule has 0 aliphatic carbocycles. The number of rotatable bonds is 5. The van der Waals surface area contributed by atoms with Crippen molar-refractivity contribution in [3.8, 4) is 11.4 Å². The number of amides is 1. The molecule has 33 heavy (non-hydrogen) atoms. The molecule has 0 unspecified atom stereocenters. The highest BCUT2D eigenvalue weighted by Gasteiger charge is 2.19. The van der Waals surface area contributed by atoms with Crippen LogP contribution in [0.15, 0.2) is 48.7 Å². The highest BCUT2D eigenvalue weighted by Crippen LogP contribution is 2.30. The summed E-state index contributed by atoms with van der Waals surface area (Å²) in [5, 5.41) is 7.79. The predicted molar refractivity (Wildman–Crippen MR) is 124 cm³/mol. The minimum absolute atomic E-state index is 0.115. The van der Waals surface area contributed by atoms with E-state index < -0.39 is 0 Å². The van der Waals surface area contributed by atoms with Crippen molar-refractivity contribution in [2.45, 2.75) is 13.3 Å². The molecule has 1 aliphatic heterocycles. The maximum absolute atomic E-state index is 12.5. The van der Waals surface area contributed by atoms with E-state index in [2.05, 4.69) is 20.4 Å². The van der Waals surface area contributed by atoms with Gasteiger partial charge in [-0.3, -0.25) is 4.79 Å². The lowest BCUT2D eigenvalue weighted by atomic mass is 10.1. The molecule has 1 saturated heterocycles. The van der Waals surface area contributed by atoms with Crippen LogP contribution in [0.25, 0.3) is 17.0 Å². The van der Waals surface area contributed by atoms with Crippen LogP contribution >= 0.6 is 0 Å². The van der Waals surface area contributed by atoms with Gasteiger partial charge in [0.25, 0.3) is 0 Å². The third kappa shape index (κ3) is 4.46. The lowest BCUT2D eigenvalue weighted by Crippen LogP contribution is -2.41. The fourth-order valence-electron chi connectivity index (χ4n) is 3.86. The van der Waals surface area contributed by atoms with Gasteiger partial charge >= 0.3 is 0 Å². The van der Waals surface area contributed by atoms with Crippen LogP contribution in [0.5, 0.6) is 0 Å². The highest BCUT2D eigenvalue weighted by molar-refractivity contribution is 5.80. The zero-order valence-corrected chi connectivity index (χ0v) is 18.2. The van der Waals surface area contributed by atoms with Crippen LogP contribution in [-0.2, 0) is 16.0 Å². The van der Waals surface area contributed by atoms with Crippen LogP contribution in [0.2, 0.25) is 0 Å². The molecule has 0 saturated carbocycles. The molecule has 1 fully saturated rings. The van der Waals surface area contributed by atoms with Crippen LogP contribution in [0.4, 0.5) is 17.3 Å². The van der Waals surface area contributed by atoms with Crippen LogP contribution in [0.1, 0.15) is 11.4 Å². The third-order valence-corrected chi connectivity index (χ3v) is 5.43. The molecule has 0 radical (unpaired) electrons. The van der Waals surface area contributed by atoms with Gasteiger partial charge in [-0.05, 0) is 36.8 Å². The molecule has 0 bridgehead atoms. The number of morpholine rings is 1. The smallest absolute Gasteiger partial charge is 0.227 e. The van der Waals surface area contributed by atoms with Gasteiger partial charge in [-0.2, -0.15) is 5.10 Å². The molecule has 0 spiro atoms. The van der Waals surface area contributed by atoms with E-state index in [0.29, 0.717) is 67.2 Å². The van der Waals surface area contributed by atoms with E-state index >= 15 is 0 Å². The number of nitrogens with zero attached hydrogens (tertiary/aromatic N) is 6. The van der Waals surface area contributed by atoms with Gasteiger partial charge in [0.15, 0.2) is 11.5 Å². The summed E-state index contributed by atoms with van der Waals surface area (Å²) in [6, 6.07) is 13.2. The van der Waals surface area contributed by atoms with Gasteiger partial charge in [-0.25, -0.2) is 19.5 Å². The fraction of sp³-hybridized carbons (Fsp3) is 0.261. The largest absolute Gasteiger partial charge is 0.384 e. The molecule has 1 aliphatic rings. The Kier molecular flexibility index (Phi) is 5.57. The summed E-state index contributed by atoms with van der Waals surface area (Å²) in [7, 11) is 0. The van der Waals surface area contributed by atoms with Gasteiger partial charge < -0.3 is 20.7 Å². The van der Waals surface area contributed by atoms with Gasteiger partial charge in [-0.1, -0.05) is 12.1 Å². The Morgan fingerprint density at radius 2 is 1.91 bits per heavy atom. The number of hydrogen-bond acceptors (Lipinski definition) is 8. The summed E-state index contributed by atoms with van der Waals surface area (Å²) >= 11 is 0. The Morgan fingerprint density at radius 1 is 1.12 bits per heavy atom. The Bertz CT molecular complexity index is 1280. The van der Waals surface area contributed by atoms with Crippen molar-refractivity contribution in [1.82, 2.24) is 29.5 Å². The number of fused-ring (bicyclic) bond motifs is 1. The molecule has 4 aromatic rings. The van der Waals surface area contributed by atoms with Crippen molar-refractivity contribution in [3.63, 3.8) is 0 Å². The Hall–Kier alpha value is -4.05. The Labute approximate surface area is 190 Å². The molecular weight excluding hydrogens is 420 g/mol. The molecule has 3 aromatic heterocycles. The van der Waals surface area contributed by atoms with Gasteiger partial charge in [0, 0.05) is 31.0 Å². The first-order valence-electron chi connectivity index (χ1n) is 10.7. The SMILES string of the molecule is Cc1nc(N)cc(-c2c(Nc3ccc(CC(=O)N4CCOCC4)cc3)nc3cccnn23)n1. The average molecular weight is 444 g/mol. The summed E-state index contributed by atoms with van der Waals surface area (Å²) < 4.78 is 7.04. The minimum Gasteiger partial charge on any atom is -0.384 e. The predicted octanol–water partition coefficient (Wildman–Crippen LogP) is 2.22. The van der Waals surface area contributed by atoms with Crippen LogP contribution in [-0.4, -0.2) is 61.7 Å². The second-order valence-electron chi connectivity index (χ2n) is 7.82. The topological polar surface area (TPSA) is 124 Å². The second-order valence-corrected chi connectivity index (χ2v) is 7.82. The zero-order valence-electron chi connectivity index (χ0n) is 18.2. The van der Waals surface area contributed by atoms with Gasteiger partial charge in [0.05, 0.1) is 25.3 Å². The van der Waals surface area contributed by atoms with E-state index in [9.17, 15) is 4.79 Å². The number of hydrogen-bond donors (Lipinski definition) is 2. The van der Waals surface area contributed by atoms with Crippen molar-refractivity contribution in [2.24, 2.45) is 0 Å². The number of anilines is 3. The van der Waals surface area contributed by atoms with Crippen molar-refractivity contribution in [3.05, 3.63) is 60.0 Å². The van der Waals surface area contributed by atoms with E-state index in [1.54, 1.807) is 23.7 Å². The number of nitrogen functional groups attached to an aromatic ring is 1. The molecule has 3 N–H and O–H groups in total. The summed E-state index contributed by atoms with van der Waals surface area (Å²) in [6.45, 7) is 4.29. The van der Waals surface area contributed by atoms with Crippen LogP contribution in [0.3, 0.4) is 0 Å². The van der Waals surface area contributed by atoms with E-state index in [1.165, 1.54) is 0 Å². The first kappa shape index (κ1) is 20.8. The van der Waals surface area contributed by atoms with Crippen molar-refractivity contribution < 1.29 is 9.53 Å². The standard InChI is InChI=1S/C23H24N8O2/c1-15-26-18(14-19(24)27-15)22-23(29-20-3-2-8-25-31(20)22)28-17-6-4-16(5-7-17)13-21(32)30-9-11-33-12-10-30/h2-8,14,28H,9-13H2,1H3,(H2,24,26,27). The Balaban J connectivity index is 1.40. The van der Waals surface area contributed by atoms with E-state index in [4.69, 9.17) is 15.5 Å². The zero-order chi connectivity index (χ0) is 22.8. The number of imidazole rings is 1. The Morgan fingerprint density at radius 3 is 2.67 bits per heavy atom. The van der Waals surface area contributed by atoms with E-state index in [1.807, 2.05) is 41.3 Å². The van der Waals surface area contributed by atoms with E-state index in [0.717, 1.165) is 11.3 Å². The number of carbonyl (C=O) groups is 1. The molecule has 10 heteroatoms. The monoisotopic (exact) mass is 444 g/mol. The molecule has 1 aromatic carbocycles. The fourth-order valence-corrected chi connectivity index (χ4v) is 3.86. The lowest BCUT2D eigenvalue weighted by molar-refractivity contribution is -0.134. The number of aryl methyl sites for hydroxylation is 1. The summed E-state index contributed by atoms with van der Waals surface area (Å²) in [6.07, 6.45) is 2.06. The normalized spacial score (nSPS) is 13.9. The number of nitrogens with one attached hydrogen (secondary N) is 1. The van der Waals surface area contributed by atoms with Gasteiger partial charge in [0.2, 0.25) is 5.91 Å². The number of carbonyl (C=O) groups excluding carboxylic acids is 1. The van der Waals surface area contributed by atoms with Crippen molar-refractivity contribution in [2.75, 3.05) is 37.4 Å². The maximum Gasteiger partial charge on any atom is 0.227 e. The van der Waals surface area contributed by atoms with Crippen LogP contribution < -0.4 is 11.1 Å². The van der Waals surface area contributed by atoms with Gasteiger partial charge in [0.1, 0.15) is 17.3 Å². The molecule has 0 atom stereocenters. The number of nitrogens with two attached hydrogens (primary N) is 1. The van der Waals surface area contributed by atoms with Crippen LogP contribution in [0, 0.1) is 6.92 Å². The van der Waals surface area contributed by atoms with Crippen molar-refractivity contribution >= 4 is 28.9 Å². The highest BCUT2D eigenvalue weighted by atomic mass is 16.5. The van der Waals surface area contributed by atoms with Gasteiger partial charge in [-0.15, -0.1) is 0 Å². The lowest BCUT2D eigenvalue weighted by Gasteiger charge is -2.26. The number of aromatic nitrogens is 5.